The minimum Gasteiger partial charge on any atom is -0.395 e. The van der Waals surface area contributed by atoms with Crippen molar-refractivity contribution < 1.29 is 5.11 Å². The van der Waals surface area contributed by atoms with E-state index in [2.05, 4.69) is 4.90 Å². The number of benzene rings is 1. The lowest BCUT2D eigenvalue weighted by Crippen LogP contribution is -2.34. The topological polar surface area (TPSA) is 49.5 Å². The summed E-state index contributed by atoms with van der Waals surface area (Å²) in [7, 11) is 1.97. The van der Waals surface area contributed by atoms with Crippen molar-refractivity contribution in [3.05, 3.63) is 33.8 Å². The molecule has 2 unspecified atom stereocenters. The summed E-state index contributed by atoms with van der Waals surface area (Å²) >= 11 is 12.1. The molecule has 0 amide bonds. The second-order valence-corrected chi connectivity index (χ2v) is 5.34. The molecule has 0 aliphatic rings. The molecule has 1 rings (SSSR count). The molecule has 1 aromatic rings. The Morgan fingerprint density at radius 2 is 2.06 bits per heavy atom. The average Bonchev–Trinajstić information content (AvgIpc) is 2.37. The Morgan fingerprint density at radius 1 is 1.39 bits per heavy atom. The molecule has 0 aliphatic carbocycles. The number of aliphatic hydroxyl groups excluding tert-OH is 1. The van der Waals surface area contributed by atoms with Crippen molar-refractivity contribution in [2.45, 2.75) is 25.4 Å². The summed E-state index contributed by atoms with van der Waals surface area (Å²) < 4.78 is 0. The van der Waals surface area contributed by atoms with Crippen LogP contribution in [-0.2, 0) is 0 Å². The number of likely N-dealkylation sites (N-methyl/N-ethyl adjacent to an activating group) is 1. The smallest absolute Gasteiger partial charge is 0.0640 e. The summed E-state index contributed by atoms with van der Waals surface area (Å²) in [6.07, 6.45) is 0.765. The number of nitrogens with two attached hydrogens (primary N) is 1. The first kappa shape index (κ1) is 15.7. The van der Waals surface area contributed by atoms with Crippen LogP contribution in [0.2, 0.25) is 10.0 Å². The van der Waals surface area contributed by atoms with Crippen LogP contribution in [0.3, 0.4) is 0 Å². The lowest BCUT2D eigenvalue weighted by molar-refractivity contribution is 0.156. The van der Waals surface area contributed by atoms with E-state index in [1.165, 1.54) is 0 Å². The largest absolute Gasteiger partial charge is 0.395 e. The number of rotatable bonds is 6. The zero-order valence-corrected chi connectivity index (χ0v) is 12.2. The van der Waals surface area contributed by atoms with Crippen molar-refractivity contribution in [1.82, 2.24) is 4.90 Å². The minimum absolute atomic E-state index is 0.132. The second kappa shape index (κ2) is 7.31. The highest BCUT2D eigenvalue weighted by Gasteiger charge is 2.14. The summed E-state index contributed by atoms with van der Waals surface area (Å²) in [5, 5.41) is 10.1. The van der Waals surface area contributed by atoms with Gasteiger partial charge in [0.1, 0.15) is 0 Å². The lowest BCUT2D eigenvalue weighted by atomic mass is 10.0. The maximum absolute atomic E-state index is 9.06. The van der Waals surface area contributed by atoms with Gasteiger partial charge in [-0.15, -0.1) is 0 Å². The Labute approximate surface area is 118 Å². The van der Waals surface area contributed by atoms with E-state index in [1.807, 2.05) is 26.1 Å². The normalized spacial score (nSPS) is 14.8. The van der Waals surface area contributed by atoms with Crippen LogP contribution in [0, 0.1) is 0 Å². The number of halogens is 2. The van der Waals surface area contributed by atoms with Gasteiger partial charge in [0.25, 0.3) is 0 Å². The molecule has 2 atom stereocenters. The van der Waals surface area contributed by atoms with Gasteiger partial charge in [-0.05, 0) is 32.0 Å². The molecule has 0 saturated carbocycles. The Balaban J connectivity index is 2.60. The second-order valence-electron chi connectivity index (χ2n) is 4.55. The Hall–Kier alpha value is -0.320. The summed E-state index contributed by atoms with van der Waals surface area (Å²) in [6.45, 7) is 2.91. The van der Waals surface area contributed by atoms with E-state index in [4.69, 9.17) is 34.0 Å². The highest BCUT2D eigenvalue weighted by Crippen LogP contribution is 2.30. The van der Waals surface area contributed by atoms with Crippen LogP contribution in [-0.4, -0.2) is 36.2 Å². The van der Waals surface area contributed by atoms with E-state index in [0.717, 1.165) is 18.5 Å². The Bertz CT molecular complexity index is 387. The predicted molar refractivity (Wildman–Crippen MR) is 77.2 cm³/mol. The van der Waals surface area contributed by atoms with Gasteiger partial charge < -0.3 is 15.7 Å². The molecular weight excluding hydrogens is 271 g/mol. The predicted octanol–water partition coefficient (Wildman–Crippen LogP) is 2.70. The van der Waals surface area contributed by atoms with Crippen molar-refractivity contribution in [2.24, 2.45) is 5.73 Å². The zero-order valence-electron chi connectivity index (χ0n) is 10.7. The number of hydrogen-bond acceptors (Lipinski definition) is 3. The summed E-state index contributed by atoms with van der Waals surface area (Å²) in [5.74, 6) is 0. The fraction of sp³-hybridized carbons (Fsp3) is 0.538. The standard InChI is InChI=1S/C13H20Cl2N2O/c1-9(8-18)17(2)7-6-12(16)10-4-3-5-11(14)13(10)15/h3-5,9,12,18H,6-8,16H2,1-2H3. The summed E-state index contributed by atoms with van der Waals surface area (Å²) in [5.41, 5.74) is 6.99. The van der Waals surface area contributed by atoms with Gasteiger partial charge in [0.2, 0.25) is 0 Å². The maximum atomic E-state index is 9.06. The Kier molecular flexibility index (Phi) is 6.39. The lowest BCUT2D eigenvalue weighted by Gasteiger charge is -2.24. The van der Waals surface area contributed by atoms with Crippen molar-refractivity contribution in [3.63, 3.8) is 0 Å². The molecule has 0 aromatic heterocycles. The molecule has 0 spiro atoms. The van der Waals surface area contributed by atoms with Gasteiger partial charge >= 0.3 is 0 Å². The third-order valence-electron chi connectivity index (χ3n) is 3.19. The van der Waals surface area contributed by atoms with Gasteiger partial charge in [-0.1, -0.05) is 35.3 Å². The first-order valence-electron chi connectivity index (χ1n) is 5.98. The maximum Gasteiger partial charge on any atom is 0.0640 e. The van der Waals surface area contributed by atoms with E-state index in [0.29, 0.717) is 10.0 Å². The van der Waals surface area contributed by atoms with Crippen molar-refractivity contribution in [3.8, 4) is 0 Å². The quantitative estimate of drug-likeness (QED) is 0.847. The van der Waals surface area contributed by atoms with E-state index >= 15 is 0 Å². The van der Waals surface area contributed by atoms with Crippen molar-refractivity contribution in [1.29, 1.82) is 0 Å². The molecule has 5 heteroatoms. The van der Waals surface area contributed by atoms with Crippen LogP contribution in [0.5, 0.6) is 0 Å². The molecule has 0 radical (unpaired) electrons. The molecule has 1 aromatic carbocycles. The number of aliphatic hydroxyl groups is 1. The van der Waals surface area contributed by atoms with E-state index in [9.17, 15) is 0 Å². The first-order valence-corrected chi connectivity index (χ1v) is 6.73. The monoisotopic (exact) mass is 290 g/mol. The third-order valence-corrected chi connectivity index (χ3v) is 4.02. The highest BCUT2D eigenvalue weighted by molar-refractivity contribution is 6.42. The highest BCUT2D eigenvalue weighted by atomic mass is 35.5. The minimum atomic E-state index is -0.149. The van der Waals surface area contributed by atoms with Crippen LogP contribution < -0.4 is 5.73 Å². The summed E-state index contributed by atoms with van der Waals surface area (Å²) in [4.78, 5) is 2.07. The third kappa shape index (κ3) is 4.11. The number of nitrogens with zero attached hydrogens (tertiary/aromatic N) is 1. The SMILES string of the molecule is CC(CO)N(C)CCC(N)c1cccc(Cl)c1Cl. The zero-order chi connectivity index (χ0) is 13.7. The molecule has 3 N–H and O–H groups in total. The van der Waals surface area contributed by atoms with Crippen LogP contribution >= 0.6 is 23.2 Å². The van der Waals surface area contributed by atoms with Gasteiger partial charge in [0.05, 0.1) is 16.7 Å². The van der Waals surface area contributed by atoms with E-state index in [1.54, 1.807) is 6.07 Å². The van der Waals surface area contributed by atoms with Crippen LogP contribution in [0.15, 0.2) is 18.2 Å². The molecule has 102 valence electrons. The molecule has 0 heterocycles. The van der Waals surface area contributed by atoms with Gasteiger partial charge in [-0.2, -0.15) is 0 Å². The fourth-order valence-electron chi connectivity index (χ4n) is 1.66. The van der Waals surface area contributed by atoms with Gasteiger partial charge in [-0.25, -0.2) is 0 Å². The molecule has 0 bridgehead atoms. The van der Waals surface area contributed by atoms with Crippen LogP contribution in [0.4, 0.5) is 0 Å². The van der Waals surface area contributed by atoms with E-state index < -0.39 is 0 Å². The molecule has 3 nitrogen and oxygen atoms in total. The first-order chi connectivity index (χ1) is 8.47. The van der Waals surface area contributed by atoms with Crippen LogP contribution in [0.25, 0.3) is 0 Å². The molecule has 0 saturated heterocycles. The molecular formula is C13H20Cl2N2O. The fourth-order valence-corrected chi connectivity index (χ4v) is 2.11. The van der Waals surface area contributed by atoms with Gasteiger partial charge in [-0.3, -0.25) is 0 Å². The number of hydrogen-bond donors (Lipinski definition) is 2. The van der Waals surface area contributed by atoms with E-state index in [-0.39, 0.29) is 18.7 Å². The molecule has 0 fully saturated rings. The van der Waals surface area contributed by atoms with Gasteiger partial charge in [0.15, 0.2) is 0 Å². The van der Waals surface area contributed by atoms with Crippen molar-refractivity contribution in [2.75, 3.05) is 20.2 Å². The Morgan fingerprint density at radius 3 is 2.67 bits per heavy atom. The summed E-state index contributed by atoms with van der Waals surface area (Å²) in [6, 6.07) is 5.48. The van der Waals surface area contributed by atoms with Gasteiger partial charge in [0, 0.05) is 18.6 Å². The molecule has 0 aliphatic heterocycles. The van der Waals surface area contributed by atoms with Crippen molar-refractivity contribution >= 4 is 23.2 Å². The average molecular weight is 291 g/mol. The molecule has 18 heavy (non-hydrogen) atoms. The van der Waals surface area contributed by atoms with Crippen LogP contribution in [0.1, 0.15) is 24.9 Å².